The van der Waals surface area contributed by atoms with E-state index in [4.69, 9.17) is 21.1 Å². The van der Waals surface area contributed by atoms with Crippen LogP contribution in [0.2, 0.25) is 5.02 Å². The summed E-state index contributed by atoms with van der Waals surface area (Å²) in [5.41, 5.74) is 0. The fraction of sp³-hybridized carbons (Fsp3) is 0.333. The Morgan fingerprint density at radius 3 is 2.96 bits per heavy atom. The molecule has 0 bridgehead atoms. The number of aromatic nitrogens is 1. The molecule has 2 aromatic rings. The van der Waals surface area contributed by atoms with Gasteiger partial charge >= 0.3 is 6.09 Å². The zero-order chi connectivity index (χ0) is 18.9. The van der Waals surface area contributed by atoms with Gasteiger partial charge in [0.2, 0.25) is 0 Å². The van der Waals surface area contributed by atoms with E-state index in [1.807, 2.05) is 32.1 Å². The number of rotatable bonds is 8. The van der Waals surface area contributed by atoms with Gasteiger partial charge in [-0.1, -0.05) is 35.9 Å². The van der Waals surface area contributed by atoms with Crippen LogP contribution in [0, 0.1) is 0 Å². The molecule has 0 unspecified atom stereocenters. The van der Waals surface area contributed by atoms with E-state index in [1.54, 1.807) is 18.3 Å². The highest BCUT2D eigenvalue weighted by Gasteiger charge is 2.09. The summed E-state index contributed by atoms with van der Waals surface area (Å²) in [4.78, 5) is 16.2. The molecule has 0 aliphatic heterocycles. The second-order valence-electron chi connectivity index (χ2n) is 5.36. The fourth-order valence-corrected chi connectivity index (χ4v) is 2.79. The average Bonchev–Trinajstić information content (AvgIpc) is 3.07. The van der Waals surface area contributed by atoms with Crippen molar-refractivity contribution in [3.8, 4) is 16.7 Å². The molecule has 8 heteroatoms. The Morgan fingerprint density at radius 2 is 2.27 bits per heavy atom. The van der Waals surface area contributed by atoms with Crippen molar-refractivity contribution < 1.29 is 19.0 Å². The Labute approximate surface area is 161 Å². The minimum atomic E-state index is -0.475. The van der Waals surface area contributed by atoms with E-state index in [0.717, 1.165) is 11.3 Å². The molecule has 0 aliphatic carbocycles. The Hall–Kier alpha value is -2.25. The lowest BCUT2D eigenvalue weighted by molar-refractivity contribution is 0.169. The Bertz CT molecular complexity index is 763. The van der Waals surface area contributed by atoms with Crippen LogP contribution in [-0.4, -0.2) is 30.8 Å². The van der Waals surface area contributed by atoms with Gasteiger partial charge < -0.3 is 19.5 Å². The second-order valence-corrected chi connectivity index (χ2v) is 6.79. The number of nitrogens with zero attached hydrogens (tertiary/aromatic N) is 1. The number of halogens is 1. The van der Waals surface area contributed by atoms with Crippen LogP contribution in [-0.2, 0) is 4.74 Å². The van der Waals surface area contributed by atoms with Crippen LogP contribution in [0.4, 0.5) is 4.79 Å². The molecule has 1 aromatic heterocycles. The molecule has 1 heterocycles. The van der Waals surface area contributed by atoms with Crippen LogP contribution >= 0.6 is 22.9 Å². The van der Waals surface area contributed by atoms with Crippen molar-refractivity contribution in [2.45, 2.75) is 26.3 Å². The molecule has 6 nitrogen and oxygen atoms in total. The molecule has 1 N–H and O–H groups in total. The molecule has 0 saturated heterocycles. The molecule has 26 heavy (non-hydrogen) atoms. The smallest absolute Gasteiger partial charge is 0.407 e. The summed E-state index contributed by atoms with van der Waals surface area (Å²) in [6.45, 7) is 4.52. The topological polar surface area (TPSA) is 69.7 Å². The SMILES string of the molecule is CCCOc1ccc(Oc2ncc(/C=C/[C@H](C)NC(=O)OC)s2)c(Cl)c1. The number of methoxy groups -OCH3 is 1. The number of carbonyl (C=O) groups is 1. The van der Waals surface area contributed by atoms with Crippen LogP contribution in [0.25, 0.3) is 6.08 Å². The molecule has 0 radical (unpaired) electrons. The van der Waals surface area contributed by atoms with Crippen molar-refractivity contribution >= 4 is 35.1 Å². The van der Waals surface area contributed by atoms with Gasteiger partial charge in [-0.25, -0.2) is 9.78 Å². The molecule has 1 amide bonds. The molecule has 1 atom stereocenters. The highest BCUT2D eigenvalue weighted by atomic mass is 35.5. The summed E-state index contributed by atoms with van der Waals surface area (Å²) in [6, 6.07) is 5.12. The summed E-state index contributed by atoms with van der Waals surface area (Å²) in [5.74, 6) is 1.22. The predicted molar refractivity (Wildman–Crippen MR) is 103 cm³/mol. The highest BCUT2D eigenvalue weighted by Crippen LogP contribution is 2.34. The normalized spacial score (nSPS) is 12.0. The van der Waals surface area contributed by atoms with Crippen molar-refractivity contribution in [1.82, 2.24) is 10.3 Å². The lowest BCUT2D eigenvalue weighted by Gasteiger charge is -2.08. The van der Waals surface area contributed by atoms with E-state index in [1.165, 1.54) is 18.4 Å². The summed E-state index contributed by atoms with van der Waals surface area (Å²) in [7, 11) is 1.33. The lowest BCUT2D eigenvalue weighted by atomic mass is 10.3. The van der Waals surface area contributed by atoms with Crippen LogP contribution in [0.15, 0.2) is 30.5 Å². The van der Waals surface area contributed by atoms with E-state index < -0.39 is 6.09 Å². The number of hydrogen-bond acceptors (Lipinski definition) is 6. The minimum Gasteiger partial charge on any atom is -0.494 e. The quantitative estimate of drug-likeness (QED) is 0.669. The zero-order valence-corrected chi connectivity index (χ0v) is 16.4. The molecule has 1 aromatic carbocycles. The van der Waals surface area contributed by atoms with Crippen molar-refractivity contribution in [2.24, 2.45) is 0 Å². The molecule has 140 valence electrons. The summed E-state index contributed by atoms with van der Waals surface area (Å²) in [5, 5.41) is 3.58. The van der Waals surface area contributed by atoms with Gasteiger partial charge in [-0.3, -0.25) is 0 Å². The first-order valence-electron chi connectivity index (χ1n) is 8.10. The molecule has 2 rings (SSSR count). The maximum atomic E-state index is 11.1. The fourth-order valence-electron chi connectivity index (χ4n) is 1.89. The van der Waals surface area contributed by atoms with Crippen LogP contribution in [0.5, 0.6) is 16.7 Å². The molecule has 0 aliphatic rings. The van der Waals surface area contributed by atoms with Gasteiger partial charge in [0.15, 0.2) is 0 Å². The Balaban J connectivity index is 1.96. The number of carbonyl (C=O) groups excluding carboxylic acids is 1. The predicted octanol–water partition coefficient (Wildman–Crippen LogP) is 5.14. The second kappa shape index (κ2) is 10.0. The first-order chi connectivity index (χ1) is 12.5. The Kier molecular flexibility index (Phi) is 7.74. The molecule has 0 spiro atoms. The van der Waals surface area contributed by atoms with Gasteiger partial charge in [0.25, 0.3) is 5.19 Å². The van der Waals surface area contributed by atoms with Gasteiger partial charge in [0.05, 0.1) is 23.6 Å². The molecule has 0 saturated carbocycles. The summed E-state index contributed by atoms with van der Waals surface area (Å²) >= 11 is 7.60. The van der Waals surface area contributed by atoms with E-state index in [2.05, 4.69) is 15.0 Å². The molecule has 0 fully saturated rings. The van der Waals surface area contributed by atoms with Crippen molar-refractivity contribution in [1.29, 1.82) is 0 Å². The number of amides is 1. The third-order valence-electron chi connectivity index (χ3n) is 3.16. The number of alkyl carbamates (subject to hydrolysis) is 1. The summed E-state index contributed by atoms with van der Waals surface area (Å²) in [6.07, 6.45) is 5.83. The van der Waals surface area contributed by atoms with Crippen LogP contribution < -0.4 is 14.8 Å². The standard InChI is InChI=1S/C18H21ClN2O4S/c1-4-9-24-13-6-8-16(15(19)10-13)25-18-20-11-14(26-18)7-5-12(2)21-17(22)23-3/h5-8,10-12H,4,9H2,1-3H3,(H,21,22)/b7-5+/t12-/m0/s1. The van der Waals surface area contributed by atoms with E-state index in [-0.39, 0.29) is 6.04 Å². The third-order valence-corrected chi connectivity index (χ3v) is 4.29. The molecular weight excluding hydrogens is 376 g/mol. The zero-order valence-electron chi connectivity index (χ0n) is 14.8. The maximum Gasteiger partial charge on any atom is 0.407 e. The van der Waals surface area contributed by atoms with Gasteiger partial charge in [0, 0.05) is 18.3 Å². The first-order valence-corrected chi connectivity index (χ1v) is 9.30. The first kappa shape index (κ1) is 20.1. The van der Waals surface area contributed by atoms with Gasteiger partial charge in [0.1, 0.15) is 11.5 Å². The largest absolute Gasteiger partial charge is 0.494 e. The minimum absolute atomic E-state index is 0.168. The highest BCUT2D eigenvalue weighted by molar-refractivity contribution is 7.14. The summed E-state index contributed by atoms with van der Waals surface area (Å²) < 4.78 is 15.8. The third kappa shape index (κ3) is 6.24. The van der Waals surface area contributed by atoms with E-state index in [9.17, 15) is 4.79 Å². The Morgan fingerprint density at radius 1 is 1.46 bits per heavy atom. The monoisotopic (exact) mass is 396 g/mol. The number of nitrogens with one attached hydrogen (secondary N) is 1. The van der Waals surface area contributed by atoms with Crippen molar-refractivity contribution in [3.05, 3.63) is 40.4 Å². The van der Waals surface area contributed by atoms with Crippen molar-refractivity contribution in [2.75, 3.05) is 13.7 Å². The average molecular weight is 397 g/mol. The van der Waals surface area contributed by atoms with Gasteiger partial charge in [-0.05, 0) is 31.6 Å². The lowest BCUT2D eigenvalue weighted by Crippen LogP contribution is -2.30. The number of ether oxygens (including phenoxy) is 3. The maximum absolute atomic E-state index is 11.1. The van der Waals surface area contributed by atoms with E-state index in [0.29, 0.717) is 28.3 Å². The van der Waals surface area contributed by atoms with Crippen LogP contribution in [0.1, 0.15) is 25.1 Å². The number of thiazole rings is 1. The molecular formula is C18H21ClN2O4S. The number of benzene rings is 1. The van der Waals surface area contributed by atoms with Crippen molar-refractivity contribution in [3.63, 3.8) is 0 Å². The van der Waals surface area contributed by atoms with Crippen LogP contribution in [0.3, 0.4) is 0 Å². The van der Waals surface area contributed by atoms with E-state index >= 15 is 0 Å². The van der Waals surface area contributed by atoms with Gasteiger partial charge in [-0.15, -0.1) is 0 Å². The number of hydrogen-bond donors (Lipinski definition) is 1. The van der Waals surface area contributed by atoms with Gasteiger partial charge in [-0.2, -0.15) is 0 Å².